The van der Waals surface area contributed by atoms with Crippen molar-refractivity contribution in [3.8, 4) is 0 Å². The third-order valence-corrected chi connectivity index (χ3v) is 5.69. The number of nitrogens with one attached hydrogen (secondary N) is 2. The van der Waals surface area contributed by atoms with E-state index in [1.807, 2.05) is 62.4 Å². The van der Waals surface area contributed by atoms with Crippen LogP contribution >= 0.6 is 0 Å². The molecule has 4 N–H and O–H groups in total. The van der Waals surface area contributed by atoms with Crippen LogP contribution in [-0.4, -0.2) is 47.4 Å². The number of nitrogens with two attached hydrogens (primary N) is 1. The van der Waals surface area contributed by atoms with E-state index in [2.05, 4.69) is 10.6 Å². The minimum atomic E-state index is -1.12. The van der Waals surface area contributed by atoms with E-state index in [-0.39, 0.29) is 25.3 Å². The summed E-state index contributed by atoms with van der Waals surface area (Å²) in [4.78, 5) is 52.4. The number of benzene rings is 2. The molecule has 0 radical (unpaired) electrons. The van der Waals surface area contributed by atoms with E-state index in [0.717, 1.165) is 16.7 Å². The smallest absolute Gasteiger partial charge is 0.408 e. The monoisotopic (exact) mass is 510 g/mol. The number of rotatable bonds is 10. The zero-order valence-corrected chi connectivity index (χ0v) is 22.5. The van der Waals surface area contributed by atoms with Gasteiger partial charge in [0.2, 0.25) is 17.7 Å². The first kappa shape index (κ1) is 29.4. The normalized spacial score (nSPS) is 12.7. The summed E-state index contributed by atoms with van der Waals surface area (Å²) in [6.07, 6.45) is -0.974. The van der Waals surface area contributed by atoms with Gasteiger partial charge in [-0.3, -0.25) is 14.4 Å². The second-order valence-corrected chi connectivity index (χ2v) is 10.1. The van der Waals surface area contributed by atoms with Gasteiger partial charge in [0.1, 0.15) is 17.7 Å². The molecule has 37 heavy (non-hydrogen) atoms. The second-order valence-electron chi connectivity index (χ2n) is 10.1. The molecule has 0 saturated carbocycles. The number of hydrogen-bond acceptors (Lipinski definition) is 5. The zero-order valence-electron chi connectivity index (χ0n) is 22.5. The minimum Gasteiger partial charge on any atom is -0.444 e. The highest BCUT2D eigenvalue weighted by molar-refractivity contribution is 5.92. The Labute approximate surface area is 218 Å². The number of amides is 4. The maximum atomic E-state index is 13.7. The fourth-order valence-electron chi connectivity index (χ4n) is 3.83. The van der Waals surface area contributed by atoms with E-state index in [4.69, 9.17) is 10.5 Å². The predicted molar refractivity (Wildman–Crippen MR) is 141 cm³/mol. The molecule has 4 amide bonds. The van der Waals surface area contributed by atoms with Gasteiger partial charge in [-0.25, -0.2) is 4.79 Å². The van der Waals surface area contributed by atoms with E-state index < -0.39 is 35.6 Å². The second kappa shape index (κ2) is 12.9. The molecule has 0 aliphatic carbocycles. The van der Waals surface area contributed by atoms with Crippen LogP contribution in [0.15, 0.2) is 48.5 Å². The number of aryl methyl sites for hydroxylation is 2. The van der Waals surface area contributed by atoms with Gasteiger partial charge in [-0.1, -0.05) is 54.1 Å². The summed E-state index contributed by atoms with van der Waals surface area (Å²) in [6.45, 7) is 9.16. The molecular formula is C28H38N4O5. The molecule has 2 rings (SSSR count). The van der Waals surface area contributed by atoms with Gasteiger partial charge in [0.15, 0.2) is 0 Å². The van der Waals surface area contributed by atoms with Crippen LogP contribution in [0.2, 0.25) is 0 Å². The lowest BCUT2D eigenvalue weighted by molar-refractivity contribution is -0.141. The van der Waals surface area contributed by atoms with Crippen LogP contribution in [0.5, 0.6) is 0 Å². The van der Waals surface area contributed by atoms with E-state index in [1.54, 1.807) is 20.8 Å². The number of alkyl carbamates (subject to hydrolysis) is 1. The number of likely N-dealkylation sites (N-methyl/N-ethyl adjacent to an activating group) is 1. The van der Waals surface area contributed by atoms with Crippen LogP contribution in [0.25, 0.3) is 0 Å². The highest BCUT2D eigenvalue weighted by Gasteiger charge is 2.35. The van der Waals surface area contributed by atoms with Crippen molar-refractivity contribution >= 4 is 23.8 Å². The summed E-state index contributed by atoms with van der Waals surface area (Å²) in [5, 5.41) is 5.47. The number of carbonyl (C=O) groups excluding carboxylic acids is 4. The molecule has 0 saturated heterocycles. The first-order chi connectivity index (χ1) is 17.3. The molecule has 9 heteroatoms. The lowest BCUT2D eigenvalue weighted by Crippen LogP contribution is -2.52. The van der Waals surface area contributed by atoms with Crippen molar-refractivity contribution in [1.29, 1.82) is 0 Å². The van der Waals surface area contributed by atoms with Crippen molar-refractivity contribution in [2.45, 2.75) is 71.7 Å². The molecule has 2 aromatic rings. The van der Waals surface area contributed by atoms with Crippen molar-refractivity contribution in [3.05, 3.63) is 70.8 Å². The van der Waals surface area contributed by atoms with Crippen molar-refractivity contribution in [3.63, 3.8) is 0 Å². The van der Waals surface area contributed by atoms with Crippen molar-refractivity contribution in [2.75, 3.05) is 7.05 Å². The molecular weight excluding hydrogens is 472 g/mol. The molecule has 9 nitrogen and oxygen atoms in total. The van der Waals surface area contributed by atoms with E-state index in [1.165, 1.54) is 11.9 Å². The lowest BCUT2D eigenvalue weighted by atomic mass is 9.96. The van der Waals surface area contributed by atoms with Gasteiger partial charge >= 0.3 is 6.09 Å². The van der Waals surface area contributed by atoms with Crippen LogP contribution in [-0.2, 0) is 25.7 Å². The van der Waals surface area contributed by atoms with Crippen LogP contribution < -0.4 is 16.4 Å². The first-order valence-electron chi connectivity index (χ1n) is 12.2. The molecule has 2 atom stereocenters. The number of nitrogens with zero attached hydrogens (tertiary/aromatic N) is 1. The average molecular weight is 511 g/mol. The quantitative estimate of drug-likeness (QED) is 0.452. The maximum Gasteiger partial charge on any atom is 0.408 e. The highest BCUT2D eigenvalue weighted by Crippen LogP contribution is 2.26. The van der Waals surface area contributed by atoms with Crippen LogP contribution in [0, 0.1) is 13.8 Å². The molecule has 0 fully saturated rings. The average Bonchev–Trinajstić information content (AvgIpc) is 2.81. The Balaban J connectivity index is 2.37. The molecule has 2 aromatic carbocycles. The Bertz CT molecular complexity index is 1110. The largest absolute Gasteiger partial charge is 0.444 e. The minimum absolute atomic E-state index is 0.0388. The number of hydrogen-bond donors (Lipinski definition) is 3. The zero-order chi connectivity index (χ0) is 27.8. The Kier molecular flexibility index (Phi) is 10.2. The summed E-state index contributed by atoms with van der Waals surface area (Å²) in [5.41, 5.74) is 7.86. The molecule has 0 aliphatic rings. The summed E-state index contributed by atoms with van der Waals surface area (Å²) < 4.78 is 5.30. The number of carbonyl (C=O) groups is 4. The molecule has 2 unspecified atom stereocenters. The van der Waals surface area contributed by atoms with Crippen molar-refractivity contribution in [1.82, 2.24) is 15.5 Å². The Morgan fingerprint density at radius 3 is 2.27 bits per heavy atom. The topological polar surface area (TPSA) is 131 Å². The third kappa shape index (κ3) is 9.25. The van der Waals surface area contributed by atoms with Gasteiger partial charge in [0.25, 0.3) is 0 Å². The Morgan fingerprint density at radius 1 is 1.03 bits per heavy atom. The van der Waals surface area contributed by atoms with Gasteiger partial charge in [-0.2, -0.15) is 0 Å². The molecule has 0 aromatic heterocycles. The standard InChI is InChI=1S/C28H38N4O5/c1-18-12-13-19(2)21(16-18)24(25(34)30-17-20-10-8-7-9-11-20)32(6)26(35)22(14-15-23(29)33)31-27(36)37-28(3,4)5/h7-13,16,22,24H,14-15,17H2,1-6H3,(H2,29,33)(H,30,34)(H,31,36). The van der Waals surface area contributed by atoms with E-state index in [0.29, 0.717) is 5.56 Å². The summed E-state index contributed by atoms with van der Waals surface area (Å²) in [6, 6.07) is 13.0. The van der Waals surface area contributed by atoms with Gasteiger partial charge < -0.3 is 26.0 Å². The Morgan fingerprint density at radius 2 is 1.68 bits per heavy atom. The number of ether oxygens (including phenoxy) is 1. The number of primary amides is 1. The molecule has 0 heterocycles. The summed E-state index contributed by atoms with van der Waals surface area (Å²) in [5.74, 6) is -1.54. The van der Waals surface area contributed by atoms with Gasteiger partial charge in [-0.15, -0.1) is 0 Å². The summed E-state index contributed by atoms with van der Waals surface area (Å²) in [7, 11) is 1.50. The molecule has 0 bridgehead atoms. The van der Waals surface area contributed by atoms with Gasteiger partial charge in [0, 0.05) is 20.0 Å². The van der Waals surface area contributed by atoms with Crippen LogP contribution in [0.1, 0.15) is 61.9 Å². The SMILES string of the molecule is Cc1ccc(C)c(C(C(=O)NCc2ccccc2)N(C)C(=O)C(CCC(N)=O)NC(=O)OC(C)(C)C)c1. The summed E-state index contributed by atoms with van der Waals surface area (Å²) >= 11 is 0. The van der Waals surface area contributed by atoms with E-state index in [9.17, 15) is 19.2 Å². The van der Waals surface area contributed by atoms with Crippen molar-refractivity contribution < 1.29 is 23.9 Å². The van der Waals surface area contributed by atoms with E-state index >= 15 is 0 Å². The van der Waals surface area contributed by atoms with Gasteiger partial charge in [0.05, 0.1) is 0 Å². The Hall–Kier alpha value is -3.88. The molecule has 0 aliphatic heterocycles. The van der Waals surface area contributed by atoms with Crippen LogP contribution in [0.4, 0.5) is 4.79 Å². The van der Waals surface area contributed by atoms with Crippen molar-refractivity contribution in [2.24, 2.45) is 5.73 Å². The molecule has 0 spiro atoms. The molecule has 200 valence electrons. The van der Waals surface area contributed by atoms with Crippen LogP contribution in [0.3, 0.4) is 0 Å². The highest BCUT2D eigenvalue weighted by atomic mass is 16.6. The lowest BCUT2D eigenvalue weighted by Gasteiger charge is -2.32. The first-order valence-corrected chi connectivity index (χ1v) is 12.2. The predicted octanol–water partition coefficient (Wildman–Crippen LogP) is 3.28. The fourth-order valence-corrected chi connectivity index (χ4v) is 3.83. The maximum absolute atomic E-state index is 13.7. The fraction of sp³-hybridized carbons (Fsp3) is 0.429. The third-order valence-electron chi connectivity index (χ3n) is 5.69. The van der Waals surface area contributed by atoms with Gasteiger partial charge in [-0.05, 0) is 57.7 Å².